The molecule has 114 valence electrons. The fourth-order valence-electron chi connectivity index (χ4n) is 2.76. The van der Waals surface area contributed by atoms with Crippen LogP contribution in [0.4, 0.5) is 17.7 Å². The van der Waals surface area contributed by atoms with Crippen LogP contribution in [0.3, 0.4) is 0 Å². The Hall–Kier alpha value is -2.48. The van der Waals surface area contributed by atoms with Crippen molar-refractivity contribution in [3.8, 4) is 11.3 Å². The molecule has 0 aromatic carbocycles. The van der Waals surface area contributed by atoms with Crippen LogP contribution in [0, 0.1) is 0 Å². The summed E-state index contributed by atoms with van der Waals surface area (Å²) in [4.78, 5) is 19.7. The second-order valence-electron chi connectivity index (χ2n) is 5.31. The van der Waals surface area contributed by atoms with Crippen molar-refractivity contribution in [2.75, 3.05) is 48.8 Å². The van der Waals surface area contributed by atoms with Crippen molar-refractivity contribution in [2.45, 2.75) is 6.42 Å². The van der Waals surface area contributed by atoms with Gasteiger partial charge in [0.1, 0.15) is 5.82 Å². The molecule has 3 N–H and O–H groups in total. The number of nitrogens with two attached hydrogens (primary N) is 1. The number of nitrogens with zero attached hydrogens (tertiary/aromatic N) is 5. The molecule has 0 radical (unpaired) electrons. The summed E-state index contributed by atoms with van der Waals surface area (Å²) >= 11 is 0. The van der Waals surface area contributed by atoms with Crippen LogP contribution in [-0.4, -0.2) is 52.8 Å². The lowest BCUT2D eigenvalue weighted by atomic mass is 10.1. The van der Waals surface area contributed by atoms with Crippen molar-refractivity contribution in [3.05, 3.63) is 18.0 Å². The fourth-order valence-corrected chi connectivity index (χ4v) is 2.76. The van der Waals surface area contributed by atoms with E-state index < -0.39 is 0 Å². The Balaban J connectivity index is 1.79. The van der Waals surface area contributed by atoms with Crippen molar-refractivity contribution in [1.82, 2.24) is 19.9 Å². The largest absolute Gasteiger partial charge is 0.378 e. The summed E-state index contributed by atoms with van der Waals surface area (Å²) in [6, 6.07) is 0. The minimum atomic E-state index is 0.265. The van der Waals surface area contributed by atoms with Gasteiger partial charge in [-0.2, -0.15) is 4.98 Å². The number of morpholine rings is 1. The van der Waals surface area contributed by atoms with Gasteiger partial charge in [0, 0.05) is 43.2 Å². The number of hydrogen-bond acceptors (Lipinski definition) is 8. The Morgan fingerprint density at radius 3 is 2.68 bits per heavy atom. The monoisotopic (exact) mass is 299 g/mol. The van der Waals surface area contributed by atoms with Gasteiger partial charge in [-0.25, -0.2) is 15.0 Å². The van der Waals surface area contributed by atoms with Gasteiger partial charge >= 0.3 is 0 Å². The average Bonchev–Trinajstić information content (AvgIpc) is 3.04. The Labute approximate surface area is 127 Å². The molecule has 0 unspecified atom stereocenters. The quantitative estimate of drug-likeness (QED) is 0.817. The first-order chi connectivity index (χ1) is 10.8. The molecule has 2 aliphatic heterocycles. The number of anilines is 3. The third-order valence-corrected chi connectivity index (χ3v) is 3.90. The number of hydrogen-bond donors (Lipinski definition) is 2. The van der Waals surface area contributed by atoms with Crippen LogP contribution in [0.2, 0.25) is 0 Å². The van der Waals surface area contributed by atoms with Crippen LogP contribution in [0.25, 0.3) is 11.3 Å². The average molecular weight is 299 g/mol. The van der Waals surface area contributed by atoms with Gasteiger partial charge in [0.25, 0.3) is 0 Å². The highest BCUT2D eigenvalue weighted by molar-refractivity contribution is 5.71. The predicted octanol–water partition coefficient (Wildman–Crippen LogP) is 0.320. The molecular weight excluding hydrogens is 282 g/mol. The van der Waals surface area contributed by atoms with Crippen LogP contribution in [0.1, 0.15) is 5.56 Å². The number of rotatable bonds is 2. The SMILES string of the molecule is Nc1ncc(-c2nc(N3CCOCC3)nc3c2CCN3)cn1. The van der Waals surface area contributed by atoms with Crippen molar-refractivity contribution in [3.63, 3.8) is 0 Å². The molecule has 0 spiro atoms. The van der Waals surface area contributed by atoms with Gasteiger partial charge in [-0.05, 0) is 6.42 Å². The number of fused-ring (bicyclic) bond motifs is 1. The van der Waals surface area contributed by atoms with Crippen molar-refractivity contribution in [2.24, 2.45) is 0 Å². The molecule has 0 amide bonds. The van der Waals surface area contributed by atoms with E-state index in [4.69, 9.17) is 15.5 Å². The molecule has 1 fully saturated rings. The zero-order valence-electron chi connectivity index (χ0n) is 12.1. The zero-order chi connectivity index (χ0) is 14.9. The van der Waals surface area contributed by atoms with Gasteiger partial charge in [-0.1, -0.05) is 0 Å². The highest BCUT2D eigenvalue weighted by Gasteiger charge is 2.23. The molecule has 2 aliphatic rings. The predicted molar refractivity (Wildman–Crippen MR) is 82.7 cm³/mol. The van der Waals surface area contributed by atoms with E-state index in [0.29, 0.717) is 13.2 Å². The lowest BCUT2D eigenvalue weighted by Gasteiger charge is -2.27. The van der Waals surface area contributed by atoms with E-state index in [-0.39, 0.29) is 5.95 Å². The van der Waals surface area contributed by atoms with Crippen LogP contribution in [-0.2, 0) is 11.2 Å². The summed E-state index contributed by atoms with van der Waals surface area (Å²) < 4.78 is 5.40. The number of aromatic nitrogens is 4. The highest BCUT2D eigenvalue weighted by atomic mass is 16.5. The molecule has 0 atom stereocenters. The topological polar surface area (TPSA) is 102 Å². The Bertz CT molecular complexity index is 682. The molecule has 2 aromatic heterocycles. The molecule has 4 heterocycles. The standard InChI is InChI=1S/C14H17N7O/c15-13-17-7-9(8-18-13)11-10-1-2-16-12(10)20-14(19-11)21-3-5-22-6-4-21/h7-8H,1-6H2,(H2,15,17,18)(H,16,19,20). The van der Waals surface area contributed by atoms with Gasteiger partial charge in [0.05, 0.1) is 18.9 Å². The maximum atomic E-state index is 5.57. The van der Waals surface area contributed by atoms with E-state index in [1.165, 1.54) is 0 Å². The smallest absolute Gasteiger partial charge is 0.228 e. The summed E-state index contributed by atoms with van der Waals surface area (Å²) in [5.74, 6) is 1.90. The van der Waals surface area contributed by atoms with E-state index in [2.05, 4.69) is 25.2 Å². The lowest BCUT2D eigenvalue weighted by Crippen LogP contribution is -2.37. The summed E-state index contributed by atoms with van der Waals surface area (Å²) in [5, 5.41) is 3.33. The van der Waals surface area contributed by atoms with Crippen molar-refractivity contribution in [1.29, 1.82) is 0 Å². The van der Waals surface area contributed by atoms with E-state index in [1.54, 1.807) is 12.4 Å². The lowest BCUT2D eigenvalue weighted by molar-refractivity contribution is 0.122. The maximum absolute atomic E-state index is 5.57. The summed E-state index contributed by atoms with van der Waals surface area (Å²) in [6.07, 6.45) is 4.33. The van der Waals surface area contributed by atoms with Crippen molar-refractivity contribution >= 4 is 17.7 Å². The third-order valence-electron chi connectivity index (χ3n) is 3.90. The summed E-state index contributed by atoms with van der Waals surface area (Å²) in [7, 11) is 0. The van der Waals surface area contributed by atoms with Gasteiger partial charge < -0.3 is 20.7 Å². The van der Waals surface area contributed by atoms with Crippen LogP contribution in [0.5, 0.6) is 0 Å². The first-order valence-corrected chi connectivity index (χ1v) is 7.36. The summed E-state index contributed by atoms with van der Waals surface area (Å²) in [6.45, 7) is 3.88. The van der Waals surface area contributed by atoms with E-state index in [1.807, 2.05) is 0 Å². The van der Waals surface area contributed by atoms with Crippen LogP contribution in [0.15, 0.2) is 12.4 Å². The van der Waals surface area contributed by atoms with Gasteiger partial charge in [0.15, 0.2) is 0 Å². The normalized spacial score (nSPS) is 17.2. The highest BCUT2D eigenvalue weighted by Crippen LogP contribution is 2.31. The molecule has 8 heteroatoms. The zero-order valence-corrected chi connectivity index (χ0v) is 12.1. The number of nitrogen functional groups attached to an aromatic ring is 1. The fraction of sp³-hybridized carbons (Fsp3) is 0.429. The molecule has 0 bridgehead atoms. The molecule has 0 aliphatic carbocycles. The molecule has 22 heavy (non-hydrogen) atoms. The van der Waals surface area contributed by atoms with Gasteiger partial charge in [0.2, 0.25) is 11.9 Å². The summed E-state index contributed by atoms with van der Waals surface area (Å²) in [5.41, 5.74) is 8.44. The van der Waals surface area contributed by atoms with E-state index in [9.17, 15) is 0 Å². The Morgan fingerprint density at radius 2 is 1.91 bits per heavy atom. The van der Waals surface area contributed by atoms with Crippen LogP contribution < -0.4 is 16.0 Å². The van der Waals surface area contributed by atoms with E-state index >= 15 is 0 Å². The molecule has 2 aromatic rings. The number of nitrogens with one attached hydrogen (secondary N) is 1. The Morgan fingerprint density at radius 1 is 1.14 bits per heavy atom. The second-order valence-corrected chi connectivity index (χ2v) is 5.31. The van der Waals surface area contributed by atoms with Crippen LogP contribution >= 0.6 is 0 Å². The Kier molecular flexibility index (Phi) is 3.23. The van der Waals surface area contributed by atoms with E-state index in [0.717, 1.165) is 54.6 Å². The molecular formula is C14H17N7O. The van der Waals surface area contributed by atoms with Gasteiger partial charge in [-0.15, -0.1) is 0 Å². The second kappa shape index (κ2) is 5.38. The first kappa shape index (κ1) is 13.2. The third kappa shape index (κ3) is 2.31. The first-order valence-electron chi connectivity index (χ1n) is 7.36. The minimum absolute atomic E-state index is 0.265. The molecule has 8 nitrogen and oxygen atoms in total. The molecule has 4 rings (SSSR count). The van der Waals surface area contributed by atoms with Crippen molar-refractivity contribution < 1.29 is 4.74 Å². The maximum Gasteiger partial charge on any atom is 0.228 e. The number of ether oxygens (including phenoxy) is 1. The minimum Gasteiger partial charge on any atom is -0.378 e. The molecule has 1 saturated heterocycles. The van der Waals surface area contributed by atoms with Gasteiger partial charge in [-0.3, -0.25) is 0 Å². The molecule has 0 saturated carbocycles.